The Kier molecular flexibility index (Phi) is 2.19. The van der Waals surface area contributed by atoms with Gasteiger partial charge >= 0.3 is 0 Å². The fourth-order valence-corrected chi connectivity index (χ4v) is 0.793. The Morgan fingerprint density at radius 3 is 2.25 bits per heavy atom. The molecule has 0 saturated heterocycles. The summed E-state index contributed by atoms with van der Waals surface area (Å²) in [4.78, 5) is 0. The maximum Gasteiger partial charge on any atom is 0.245 e. The Morgan fingerprint density at radius 1 is 1.33 bits per heavy atom. The summed E-state index contributed by atoms with van der Waals surface area (Å²) in [5.74, 6) is 0.772. The molecule has 0 radical (unpaired) electrons. The smallest absolute Gasteiger partial charge is 0.245 e. The van der Waals surface area contributed by atoms with Gasteiger partial charge in [-0.05, 0) is 5.41 Å². The predicted octanol–water partition coefficient (Wildman–Crippen LogP) is 1.46. The number of rotatable bonds is 1. The third-order valence-electron chi connectivity index (χ3n) is 1.60. The number of hydrogen-bond donors (Lipinski definition) is 1. The van der Waals surface area contributed by atoms with Crippen LogP contribution in [0.1, 0.15) is 38.7 Å². The maximum absolute atomic E-state index is 9.67. The Balaban J connectivity index is 2.85. The molecule has 12 heavy (non-hydrogen) atoms. The van der Waals surface area contributed by atoms with E-state index in [4.69, 9.17) is 4.42 Å². The lowest BCUT2D eigenvalue weighted by atomic mass is 9.89. The number of aliphatic hydroxyl groups excluding tert-OH is 1. The lowest BCUT2D eigenvalue weighted by Gasteiger charge is -2.22. The van der Waals surface area contributed by atoms with Crippen LogP contribution in [-0.2, 0) is 0 Å². The SMILES string of the molecule is Cc1nnc([C@H](O)C(C)(C)C)o1. The van der Waals surface area contributed by atoms with Gasteiger partial charge in [-0.2, -0.15) is 0 Å². The van der Waals surface area contributed by atoms with E-state index in [-0.39, 0.29) is 5.41 Å². The summed E-state index contributed by atoms with van der Waals surface area (Å²) in [5, 5.41) is 17.1. The van der Waals surface area contributed by atoms with Gasteiger partial charge in [0.25, 0.3) is 0 Å². The summed E-state index contributed by atoms with van der Waals surface area (Å²) in [6.45, 7) is 7.44. The Labute approximate surface area is 71.6 Å². The van der Waals surface area contributed by atoms with Gasteiger partial charge in [-0.25, -0.2) is 0 Å². The van der Waals surface area contributed by atoms with E-state index in [2.05, 4.69) is 10.2 Å². The van der Waals surface area contributed by atoms with E-state index >= 15 is 0 Å². The largest absolute Gasteiger partial charge is 0.423 e. The summed E-state index contributed by atoms with van der Waals surface area (Å²) < 4.78 is 5.10. The van der Waals surface area contributed by atoms with E-state index in [9.17, 15) is 5.11 Å². The van der Waals surface area contributed by atoms with Gasteiger partial charge in [0.2, 0.25) is 11.8 Å². The van der Waals surface area contributed by atoms with Gasteiger partial charge in [-0.1, -0.05) is 20.8 Å². The van der Waals surface area contributed by atoms with E-state index < -0.39 is 6.10 Å². The lowest BCUT2D eigenvalue weighted by molar-refractivity contribution is 0.0380. The summed E-state index contributed by atoms with van der Waals surface area (Å²) in [6.07, 6.45) is -0.696. The minimum atomic E-state index is -0.696. The zero-order valence-electron chi connectivity index (χ0n) is 7.83. The number of hydrogen-bond acceptors (Lipinski definition) is 4. The van der Waals surface area contributed by atoms with Crippen LogP contribution in [-0.4, -0.2) is 15.3 Å². The van der Waals surface area contributed by atoms with Gasteiger partial charge in [0.15, 0.2) is 0 Å². The van der Waals surface area contributed by atoms with Crippen LogP contribution in [0.5, 0.6) is 0 Å². The molecule has 4 heteroatoms. The zero-order valence-corrected chi connectivity index (χ0v) is 7.83. The van der Waals surface area contributed by atoms with E-state index in [0.717, 1.165) is 0 Å². The van der Waals surface area contributed by atoms with Crippen molar-refractivity contribution in [1.29, 1.82) is 0 Å². The molecule has 0 unspecified atom stereocenters. The molecule has 1 heterocycles. The molecule has 1 rings (SSSR count). The molecule has 0 saturated carbocycles. The van der Waals surface area contributed by atoms with Crippen molar-refractivity contribution in [2.45, 2.75) is 33.8 Å². The molecule has 0 amide bonds. The van der Waals surface area contributed by atoms with Crippen molar-refractivity contribution in [2.24, 2.45) is 5.41 Å². The van der Waals surface area contributed by atoms with Gasteiger partial charge < -0.3 is 9.52 Å². The van der Waals surface area contributed by atoms with Crippen LogP contribution in [0.3, 0.4) is 0 Å². The van der Waals surface area contributed by atoms with Crippen molar-refractivity contribution in [3.63, 3.8) is 0 Å². The summed E-state index contributed by atoms with van der Waals surface area (Å²) in [7, 11) is 0. The highest BCUT2D eigenvalue weighted by Gasteiger charge is 2.28. The first-order valence-electron chi connectivity index (χ1n) is 3.89. The van der Waals surface area contributed by atoms with Crippen LogP contribution >= 0.6 is 0 Å². The molecule has 1 atom stereocenters. The maximum atomic E-state index is 9.67. The fraction of sp³-hybridized carbons (Fsp3) is 0.750. The molecule has 0 spiro atoms. The predicted molar refractivity (Wildman–Crippen MR) is 43.4 cm³/mol. The highest BCUT2D eigenvalue weighted by atomic mass is 16.4. The van der Waals surface area contributed by atoms with Gasteiger partial charge in [0.1, 0.15) is 6.10 Å². The molecule has 0 bridgehead atoms. The van der Waals surface area contributed by atoms with E-state index in [1.165, 1.54) is 0 Å². The second-order valence-corrected chi connectivity index (χ2v) is 3.93. The average molecular weight is 170 g/mol. The highest BCUT2D eigenvalue weighted by Crippen LogP contribution is 2.31. The van der Waals surface area contributed by atoms with Crippen molar-refractivity contribution in [3.8, 4) is 0 Å². The quantitative estimate of drug-likeness (QED) is 0.693. The second kappa shape index (κ2) is 2.86. The molecule has 1 aromatic rings. The molecule has 68 valence electrons. The van der Waals surface area contributed by atoms with Gasteiger partial charge in [0.05, 0.1) is 0 Å². The number of aliphatic hydroxyl groups is 1. The summed E-state index contributed by atoms with van der Waals surface area (Å²) in [6, 6.07) is 0. The standard InChI is InChI=1S/C8H14N2O2/c1-5-9-10-7(12-5)6(11)8(2,3)4/h6,11H,1-4H3/t6-/m0/s1. The van der Waals surface area contributed by atoms with Crippen LogP contribution in [0.15, 0.2) is 4.42 Å². The molecule has 1 aromatic heterocycles. The molecule has 1 N–H and O–H groups in total. The van der Waals surface area contributed by atoms with Gasteiger partial charge in [0, 0.05) is 6.92 Å². The van der Waals surface area contributed by atoms with Gasteiger partial charge in [-0.3, -0.25) is 0 Å². The lowest BCUT2D eigenvalue weighted by Crippen LogP contribution is -2.18. The summed E-state index contributed by atoms with van der Waals surface area (Å²) >= 11 is 0. The molecule has 0 aliphatic rings. The molecule has 0 aliphatic carbocycles. The zero-order chi connectivity index (χ0) is 9.35. The topological polar surface area (TPSA) is 59.2 Å². The van der Waals surface area contributed by atoms with Crippen molar-refractivity contribution in [3.05, 3.63) is 11.8 Å². The van der Waals surface area contributed by atoms with Crippen LogP contribution in [0.25, 0.3) is 0 Å². The number of aryl methyl sites for hydroxylation is 1. The van der Waals surface area contributed by atoms with Crippen molar-refractivity contribution >= 4 is 0 Å². The fourth-order valence-electron chi connectivity index (χ4n) is 0.793. The molecular weight excluding hydrogens is 156 g/mol. The van der Waals surface area contributed by atoms with Crippen LogP contribution in [0.4, 0.5) is 0 Å². The molecule has 0 fully saturated rings. The highest BCUT2D eigenvalue weighted by molar-refractivity contribution is 4.90. The van der Waals surface area contributed by atoms with Crippen molar-refractivity contribution in [2.75, 3.05) is 0 Å². The van der Waals surface area contributed by atoms with E-state index in [0.29, 0.717) is 11.8 Å². The molecular formula is C8H14N2O2. The minimum Gasteiger partial charge on any atom is -0.423 e. The first-order chi connectivity index (χ1) is 5.41. The second-order valence-electron chi connectivity index (χ2n) is 3.93. The minimum absolute atomic E-state index is 0.265. The first-order valence-corrected chi connectivity index (χ1v) is 3.89. The van der Waals surface area contributed by atoms with E-state index in [1.54, 1.807) is 6.92 Å². The Bertz CT molecular complexity index is 262. The van der Waals surface area contributed by atoms with Crippen LogP contribution < -0.4 is 0 Å². The molecule has 4 nitrogen and oxygen atoms in total. The van der Waals surface area contributed by atoms with Crippen molar-refractivity contribution in [1.82, 2.24) is 10.2 Å². The Hall–Kier alpha value is -0.900. The van der Waals surface area contributed by atoms with Gasteiger partial charge in [-0.15, -0.1) is 10.2 Å². The molecule has 0 aliphatic heterocycles. The Morgan fingerprint density at radius 2 is 1.92 bits per heavy atom. The third-order valence-corrected chi connectivity index (χ3v) is 1.60. The third kappa shape index (κ3) is 1.82. The number of aromatic nitrogens is 2. The molecule has 0 aromatic carbocycles. The first kappa shape index (κ1) is 9.19. The number of nitrogens with zero attached hydrogens (tertiary/aromatic N) is 2. The van der Waals surface area contributed by atoms with Crippen LogP contribution in [0.2, 0.25) is 0 Å². The monoisotopic (exact) mass is 170 g/mol. The van der Waals surface area contributed by atoms with Crippen molar-refractivity contribution < 1.29 is 9.52 Å². The normalized spacial score (nSPS) is 14.8. The van der Waals surface area contributed by atoms with Crippen LogP contribution in [0, 0.1) is 12.3 Å². The average Bonchev–Trinajstić information content (AvgIpc) is 2.32. The van der Waals surface area contributed by atoms with E-state index in [1.807, 2.05) is 20.8 Å². The summed E-state index contributed by atoms with van der Waals surface area (Å²) in [5.41, 5.74) is -0.265.